The van der Waals surface area contributed by atoms with Gasteiger partial charge >= 0.3 is 12.1 Å². The van der Waals surface area contributed by atoms with Crippen LogP contribution in [-0.2, 0) is 20.8 Å². The van der Waals surface area contributed by atoms with E-state index in [4.69, 9.17) is 0 Å². The van der Waals surface area contributed by atoms with Crippen LogP contribution in [0, 0.1) is 0 Å². The molecule has 2 rings (SSSR count). The second kappa shape index (κ2) is 7.48. The van der Waals surface area contributed by atoms with Crippen LogP contribution in [0.5, 0.6) is 0 Å². The molecule has 0 aromatic heterocycles. The Morgan fingerprint density at radius 3 is 2.75 bits per heavy atom. The lowest BCUT2D eigenvalue weighted by Crippen LogP contribution is -2.36. The fourth-order valence-electron chi connectivity index (χ4n) is 2.30. The number of fused-ring (bicyclic) bond motifs is 1. The molecule has 1 unspecified atom stereocenters. The molecule has 0 saturated heterocycles. The third-order valence-corrected chi connectivity index (χ3v) is 3.60. The number of hydrogen-bond acceptors (Lipinski definition) is 4. The molecule has 0 aliphatic carbocycles. The number of benzene rings is 1. The van der Waals surface area contributed by atoms with Crippen molar-refractivity contribution in [1.29, 1.82) is 0 Å². The molecule has 24 heavy (non-hydrogen) atoms. The lowest BCUT2D eigenvalue weighted by atomic mass is 10.2. The number of nitrogens with zero attached hydrogens (tertiary/aromatic N) is 1. The summed E-state index contributed by atoms with van der Waals surface area (Å²) in [6.07, 6.45) is -1.32. The molecule has 1 atom stereocenters. The Balaban J connectivity index is 1.94. The fraction of sp³-hybridized carbons (Fsp3) is 0.375. The number of carbonyl (C=O) groups is 2. The second-order valence-corrected chi connectivity index (χ2v) is 5.25. The highest BCUT2D eigenvalue weighted by Crippen LogP contribution is 2.27. The lowest BCUT2D eigenvalue weighted by Gasteiger charge is -2.16. The van der Waals surface area contributed by atoms with Crippen LogP contribution < -0.4 is 10.4 Å². The van der Waals surface area contributed by atoms with Gasteiger partial charge in [0.2, 0.25) is 0 Å². The maximum Gasteiger partial charge on any atom is 0.492 e. The highest BCUT2D eigenvalue weighted by Gasteiger charge is 2.41. The Morgan fingerprint density at radius 1 is 1.38 bits per heavy atom. The van der Waals surface area contributed by atoms with Gasteiger partial charge in [0.1, 0.15) is 0 Å². The van der Waals surface area contributed by atoms with E-state index in [9.17, 15) is 22.8 Å². The molecular formula is C16H17F3N2O3. The minimum atomic E-state index is -5.07. The zero-order valence-corrected chi connectivity index (χ0v) is 13.0. The van der Waals surface area contributed by atoms with E-state index in [1.165, 1.54) is 12.2 Å². The molecule has 1 N–H and O–H groups in total. The summed E-state index contributed by atoms with van der Waals surface area (Å²) in [6, 6.07) is 6.82. The molecule has 0 saturated carbocycles. The van der Waals surface area contributed by atoms with E-state index in [2.05, 4.69) is 4.84 Å². The summed E-state index contributed by atoms with van der Waals surface area (Å²) >= 11 is 0. The van der Waals surface area contributed by atoms with Crippen molar-refractivity contribution in [3.8, 4) is 0 Å². The van der Waals surface area contributed by atoms with Gasteiger partial charge in [-0.25, -0.2) is 4.79 Å². The molecule has 1 amide bonds. The van der Waals surface area contributed by atoms with Crippen molar-refractivity contribution in [2.24, 2.45) is 0 Å². The Labute approximate surface area is 137 Å². The molecule has 130 valence electrons. The van der Waals surface area contributed by atoms with Gasteiger partial charge in [0.05, 0.1) is 6.04 Å². The first-order valence-corrected chi connectivity index (χ1v) is 7.44. The van der Waals surface area contributed by atoms with E-state index in [0.29, 0.717) is 13.0 Å². The van der Waals surface area contributed by atoms with Crippen LogP contribution in [-0.4, -0.2) is 30.6 Å². The van der Waals surface area contributed by atoms with Crippen LogP contribution >= 0.6 is 0 Å². The summed E-state index contributed by atoms with van der Waals surface area (Å²) < 4.78 is 36.2. The summed E-state index contributed by atoms with van der Waals surface area (Å²) in [5, 5.41) is 0. The molecular weight excluding hydrogens is 325 g/mol. The van der Waals surface area contributed by atoms with Gasteiger partial charge in [-0.15, -0.1) is 5.48 Å². The molecule has 1 aliphatic rings. The van der Waals surface area contributed by atoms with Gasteiger partial charge in [0.15, 0.2) is 0 Å². The van der Waals surface area contributed by atoms with Gasteiger partial charge in [-0.05, 0) is 24.5 Å². The summed E-state index contributed by atoms with van der Waals surface area (Å²) in [7, 11) is 0. The van der Waals surface area contributed by atoms with Gasteiger partial charge in [0.25, 0.3) is 5.91 Å². The van der Waals surface area contributed by atoms with Crippen molar-refractivity contribution in [2.75, 3.05) is 11.4 Å². The van der Waals surface area contributed by atoms with Crippen molar-refractivity contribution >= 4 is 17.6 Å². The third-order valence-electron chi connectivity index (χ3n) is 3.60. The Bertz CT molecular complexity index is 644. The third kappa shape index (κ3) is 4.35. The summed E-state index contributed by atoms with van der Waals surface area (Å²) in [5.41, 5.74) is 3.92. The monoisotopic (exact) mass is 342 g/mol. The smallest absolute Gasteiger partial charge is 0.363 e. The number of nitrogens with one attached hydrogen (secondary N) is 1. The molecule has 0 fully saturated rings. The minimum absolute atomic E-state index is 0.276. The highest BCUT2D eigenvalue weighted by molar-refractivity contribution is 6.02. The number of hydrogen-bond donors (Lipinski definition) is 1. The highest BCUT2D eigenvalue weighted by atomic mass is 19.4. The minimum Gasteiger partial charge on any atom is -0.363 e. The summed E-state index contributed by atoms with van der Waals surface area (Å²) in [5.74, 6) is -2.60. The molecule has 5 nitrogen and oxygen atoms in total. The van der Waals surface area contributed by atoms with Crippen LogP contribution in [0.1, 0.15) is 18.9 Å². The van der Waals surface area contributed by atoms with Crippen molar-refractivity contribution in [3.05, 3.63) is 42.0 Å². The van der Waals surface area contributed by atoms with E-state index >= 15 is 0 Å². The molecule has 1 aromatic rings. The first-order valence-electron chi connectivity index (χ1n) is 7.44. The number of para-hydroxylation sites is 1. The SMILES string of the molecule is CCC(C=CC(=O)N1CCc2ccccc21)NOC(=O)C(F)(F)F. The number of rotatable bonds is 5. The maximum absolute atomic E-state index is 12.2. The molecule has 8 heteroatoms. The number of alkyl halides is 3. The van der Waals surface area contributed by atoms with Gasteiger partial charge < -0.3 is 9.74 Å². The zero-order chi connectivity index (χ0) is 17.7. The van der Waals surface area contributed by atoms with Crippen molar-refractivity contribution < 1.29 is 27.6 Å². The van der Waals surface area contributed by atoms with Crippen molar-refractivity contribution in [3.63, 3.8) is 0 Å². The first kappa shape index (κ1) is 18.0. The van der Waals surface area contributed by atoms with Gasteiger partial charge in [0, 0.05) is 18.3 Å². The van der Waals surface area contributed by atoms with Crippen molar-refractivity contribution in [2.45, 2.75) is 32.0 Å². The number of halogens is 3. The van der Waals surface area contributed by atoms with Crippen LogP contribution in [0.15, 0.2) is 36.4 Å². The summed E-state index contributed by atoms with van der Waals surface area (Å²) in [6.45, 7) is 2.23. The van der Waals surface area contributed by atoms with Crippen molar-refractivity contribution in [1.82, 2.24) is 5.48 Å². The normalized spacial score (nSPS) is 15.4. The van der Waals surface area contributed by atoms with Gasteiger partial charge in [-0.2, -0.15) is 13.2 Å². The second-order valence-electron chi connectivity index (χ2n) is 5.25. The number of hydroxylamine groups is 1. The number of carbonyl (C=O) groups excluding carboxylic acids is 2. The zero-order valence-electron chi connectivity index (χ0n) is 13.0. The van der Waals surface area contributed by atoms with Crippen LogP contribution in [0.2, 0.25) is 0 Å². The summed E-state index contributed by atoms with van der Waals surface area (Å²) in [4.78, 5) is 28.5. The molecule has 0 spiro atoms. The number of anilines is 1. The predicted molar refractivity (Wildman–Crippen MR) is 81.0 cm³/mol. The fourth-order valence-corrected chi connectivity index (χ4v) is 2.30. The quantitative estimate of drug-likeness (QED) is 0.660. The van der Waals surface area contributed by atoms with Crippen LogP contribution in [0.25, 0.3) is 0 Å². The first-order chi connectivity index (χ1) is 11.3. The molecule has 1 aromatic carbocycles. The largest absolute Gasteiger partial charge is 0.492 e. The maximum atomic E-state index is 12.2. The molecule has 0 bridgehead atoms. The molecule has 1 heterocycles. The van der Waals surface area contributed by atoms with Crippen LogP contribution in [0.4, 0.5) is 18.9 Å². The molecule has 0 radical (unpaired) electrons. The molecule has 1 aliphatic heterocycles. The Morgan fingerprint density at radius 2 is 2.08 bits per heavy atom. The Kier molecular flexibility index (Phi) is 5.61. The average Bonchev–Trinajstić information content (AvgIpc) is 2.97. The van der Waals surface area contributed by atoms with E-state index < -0.39 is 18.2 Å². The van der Waals surface area contributed by atoms with E-state index in [-0.39, 0.29) is 5.91 Å². The lowest BCUT2D eigenvalue weighted by molar-refractivity contribution is -0.207. The topological polar surface area (TPSA) is 58.6 Å². The van der Waals surface area contributed by atoms with Gasteiger partial charge in [-0.1, -0.05) is 31.2 Å². The van der Waals surface area contributed by atoms with E-state index in [1.807, 2.05) is 29.7 Å². The van der Waals surface area contributed by atoms with E-state index in [0.717, 1.165) is 17.7 Å². The van der Waals surface area contributed by atoms with Crippen LogP contribution in [0.3, 0.4) is 0 Å². The van der Waals surface area contributed by atoms with E-state index in [1.54, 1.807) is 11.8 Å². The standard InChI is InChI=1S/C16H17F3N2O3/c1-2-12(20-24-15(23)16(17,18)19)7-8-14(22)21-10-9-11-5-3-4-6-13(11)21/h3-8,12,20H,2,9-10H2,1H3. The average molecular weight is 342 g/mol. The van der Waals surface area contributed by atoms with Gasteiger partial charge in [-0.3, -0.25) is 4.79 Å². The predicted octanol–water partition coefficient (Wildman–Crippen LogP) is 2.52. The number of amides is 1. The Hall–Kier alpha value is -2.35.